The van der Waals surface area contributed by atoms with Gasteiger partial charge in [0.25, 0.3) is 5.91 Å². The van der Waals surface area contributed by atoms with E-state index in [0.717, 1.165) is 17.8 Å². The fraction of sp³-hybridized carbons (Fsp3) is 0.375. The third kappa shape index (κ3) is 6.55. The van der Waals surface area contributed by atoms with E-state index < -0.39 is 5.91 Å². The van der Waals surface area contributed by atoms with Crippen LogP contribution in [0.15, 0.2) is 24.3 Å². The van der Waals surface area contributed by atoms with Crippen molar-refractivity contribution in [2.45, 2.75) is 19.3 Å². The van der Waals surface area contributed by atoms with Crippen LogP contribution in [0.2, 0.25) is 0 Å². The minimum Gasteiger partial charge on any atom is -0.385 e. The number of nitrogens with zero attached hydrogens (tertiary/aromatic N) is 2. The molecule has 0 fully saturated rings. The fourth-order valence-electron chi connectivity index (χ4n) is 1.92. The lowest BCUT2D eigenvalue weighted by Gasteiger charge is -2.03. The maximum absolute atomic E-state index is 12.8. The molecule has 2 rings (SSSR count). The molecule has 9 heteroatoms. The van der Waals surface area contributed by atoms with Crippen LogP contribution in [0.1, 0.15) is 27.7 Å². The number of ether oxygens (including phenoxy) is 1. The van der Waals surface area contributed by atoms with E-state index in [1.54, 1.807) is 7.11 Å². The summed E-state index contributed by atoms with van der Waals surface area (Å²) in [6.45, 7) is 1.16. The molecule has 25 heavy (non-hydrogen) atoms. The second kappa shape index (κ2) is 9.80. The Morgan fingerprint density at radius 2 is 2.00 bits per heavy atom. The van der Waals surface area contributed by atoms with Crippen molar-refractivity contribution in [1.29, 1.82) is 0 Å². The third-order valence-corrected chi connectivity index (χ3v) is 4.16. The van der Waals surface area contributed by atoms with E-state index in [2.05, 4.69) is 20.8 Å². The van der Waals surface area contributed by atoms with Crippen molar-refractivity contribution in [3.05, 3.63) is 40.1 Å². The van der Waals surface area contributed by atoms with Crippen LogP contribution in [0, 0.1) is 5.82 Å². The molecular weight excluding hydrogens is 347 g/mol. The molecule has 0 spiro atoms. The molecule has 2 N–H and O–H groups in total. The maximum atomic E-state index is 12.8. The Morgan fingerprint density at radius 1 is 1.24 bits per heavy atom. The molecule has 0 aliphatic carbocycles. The molecule has 7 nitrogen and oxygen atoms in total. The summed E-state index contributed by atoms with van der Waals surface area (Å²) in [7, 11) is 1.61. The average Bonchev–Trinajstić information content (AvgIpc) is 3.08. The second-order valence-electron chi connectivity index (χ2n) is 5.16. The number of carbonyl (C=O) groups is 2. The SMILES string of the molecule is COCCCNC(=O)CCc1nnc(C(=O)Nc2ccc(F)cc2)s1. The number of rotatable bonds is 9. The number of aryl methyl sites for hydroxylation is 1. The highest BCUT2D eigenvalue weighted by atomic mass is 32.1. The lowest BCUT2D eigenvalue weighted by molar-refractivity contribution is -0.121. The molecule has 2 amide bonds. The predicted octanol–water partition coefficient (Wildman–Crippen LogP) is 2.01. The van der Waals surface area contributed by atoms with Crippen molar-refractivity contribution in [3.63, 3.8) is 0 Å². The van der Waals surface area contributed by atoms with Crippen molar-refractivity contribution in [2.75, 3.05) is 25.6 Å². The van der Waals surface area contributed by atoms with E-state index in [4.69, 9.17) is 4.74 Å². The summed E-state index contributed by atoms with van der Waals surface area (Å²) in [6.07, 6.45) is 1.45. The minimum absolute atomic E-state index is 0.0800. The lowest BCUT2D eigenvalue weighted by Crippen LogP contribution is -2.25. The lowest BCUT2D eigenvalue weighted by atomic mass is 10.3. The average molecular weight is 366 g/mol. The van der Waals surface area contributed by atoms with E-state index in [1.807, 2.05) is 0 Å². The molecule has 2 aromatic rings. The minimum atomic E-state index is -0.417. The predicted molar refractivity (Wildman–Crippen MR) is 92.1 cm³/mol. The van der Waals surface area contributed by atoms with Crippen LogP contribution in [0.25, 0.3) is 0 Å². The Bertz CT molecular complexity index is 706. The van der Waals surface area contributed by atoms with Gasteiger partial charge in [0.2, 0.25) is 10.9 Å². The second-order valence-corrected chi connectivity index (χ2v) is 6.22. The van der Waals surface area contributed by atoms with Crippen LogP contribution >= 0.6 is 11.3 Å². The summed E-state index contributed by atoms with van der Waals surface area (Å²) in [5.41, 5.74) is 0.471. The first kappa shape index (κ1) is 18.9. The van der Waals surface area contributed by atoms with Gasteiger partial charge >= 0.3 is 0 Å². The largest absolute Gasteiger partial charge is 0.385 e. The number of aromatic nitrogens is 2. The molecule has 0 radical (unpaired) electrons. The summed E-state index contributed by atoms with van der Waals surface area (Å²) in [5, 5.41) is 13.9. The molecule has 1 aromatic heterocycles. The quantitative estimate of drug-likeness (QED) is 0.662. The molecule has 0 unspecified atom stereocenters. The van der Waals surface area contributed by atoms with Crippen LogP contribution in [0.5, 0.6) is 0 Å². The number of carbonyl (C=O) groups excluding carboxylic acids is 2. The first-order valence-electron chi connectivity index (χ1n) is 7.73. The standard InChI is InChI=1S/C16H19FN4O3S/c1-24-10-2-9-18-13(22)7-8-14-20-21-16(25-14)15(23)19-12-5-3-11(17)4-6-12/h3-6H,2,7-10H2,1H3,(H,18,22)(H,19,23). The van der Waals surface area contributed by atoms with Crippen LogP contribution in [0.3, 0.4) is 0 Å². The molecule has 0 aliphatic rings. The van der Waals surface area contributed by atoms with Gasteiger partial charge in [-0.3, -0.25) is 9.59 Å². The molecule has 1 aromatic carbocycles. The highest BCUT2D eigenvalue weighted by Crippen LogP contribution is 2.15. The van der Waals surface area contributed by atoms with Gasteiger partial charge < -0.3 is 15.4 Å². The van der Waals surface area contributed by atoms with Gasteiger partial charge in [-0.25, -0.2) is 4.39 Å². The third-order valence-electron chi connectivity index (χ3n) is 3.18. The van der Waals surface area contributed by atoms with Gasteiger partial charge in [-0.15, -0.1) is 10.2 Å². The normalized spacial score (nSPS) is 10.5. The van der Waals surface area contributed by atoms with Gasteiger partial charge in [0, 0.05) is 38.8 Å². The Morgan fingerprint density at radius 3 is 2.72 bits per heavy atom. The number of nitrogens with one attached hydrogen (secondary N) is 2. The number of amides is 2. The van der Waals surface area contributed by atoms with Gasteiger partial charge in [0.05, 0.1) is 0 Å². The summed E-state index contributed by atoms with van der Waals surface area (Å²) in [5.74, 6) is -0.875. The monoisotopic (exact) mass is 366 g/mol. The topological polar surface area (TPSA) is 93.2 Å². The fourth-order valence-corrected chi connectivity index (χ4v) is 2.65. The van der Waals surface area contributed by atoms with Crippen molar-refractivity contribution in [2.24, 2.45) is 0 Å². The Hall–Kier alpha value is -2.39. The molecule has 0 saturated carbocycles. The molecule has 134 valence electrons. The van der Waals surface area contributed by atoms with Crippen LogP contribution in [0.4, 0.5) is 10.1 Å². The van der Waals surface area contributed by atoms with Crippen molar-refractivity contribution < 1.29 is 18.7 Å². The summed E-state index contributed by atoms with van der Waals surface area (Å²) < 4.78 is 17.7. The number of hydrogen-bond acceptors (Lipinski definition) is 6. The summed E-state index contributed by atoms with van der Waals surface area (Å²) in [6, 6.07) is 5.44. The summed E-state index contributed by atoms with van der Waals surface area (Å²) in [4.78, 5) is 23.7. The van der Waals surface area contributed by atoms with Gasteiger partial charge in [-0.2, -0.15) is 0 Å². The van der Waals surface area contributed by atoms with E-state index >= 15 is 0 Å². The first-order valence-corrected chi connectivity index (χ1v) is 8.55. The van der Waals surface area contributed by atoms with Gasteiger partial charge in [0.15, 0.2) is 0 Å². The molecule has 0 bridgehead atoms. The van der Waals surface area contributed by atoms with Gasteiger partial charge in [0.1, 0.15) is 10.8 Å². The van der Waals surface area contributed by atoms with Gasteiger partial charge in [-0.1, -0.05) is 11.3 Å². The highest BCUT2D eigenvalue weighted by molar-refractivity contribution is 7.13. The van der Waals surface area contributed by atoms with Gasteiger partial charge in [-0.05, 0) is 30.7 Å². The zero-order valence-electron chi connectivity index (χ0n) is 13.8. The maximum Gasteiger partial charge on any atom is 0.286 e. The van der Waals surface area contributed by atoms with Crippen molar-refractivity contribution in [3.8, 4) is 0 Å². The number of halogens is 1. The summed E-state index contributed by atoms with van der Waals surface area (Å²) >= 11 is 1.13. The smallest absolute Gasteiger partial charge is 0.286 e. The van der Waals surface area contributed by atoms with Crippen LogP contribution in [-0.4, -0.2) is 42.3 Å². The number of anilines is 1. The van der Waals surface area contributed by atoms with Crippen LogP contribution < -0.4 is 10.6 Å². The van der Waals surface area contributed by atoms with Crippen molar-refractivity contribution in [1.82, 2.24) is 15.5 Å². The number of hydrogen-bond donors (Lipinski definition) is 2. The van der Waals surface area contributed by atoms with E-state index in [-0.39, 0.29) is 23.2 Å². The molecule has 0 aliphatic heterocycles. The zero-order chi connectivity index (χ0) is 18.1. The molecule has 1 heterocycles. The number of methoxy groups -OCH3 is 1. The first-order chi connectivity index (χ1) is 12.1. The Labute approximate surface area is 148 Å². The highest BCUT2D eigenvalue weighted by Gasteiger charge is 2.14. The van der Waals surface area contributed by atoms with E-state index in [0.29, 0.717) is 30.3 Å². The number of benzene rings is 1. The van der Waals surface area contributed by atoms with Crippen molar-refractivity contribution >= 4 is 28.8 Å². The Kier molecular flexibility index (Phi) is 7.42. The molecule has 0 atom stereocenters. The molecular formula is C16H19FN4O3S. The van der Waals surface area contributed by atoms with E-state index in [1.165, 1.54) is 24.3 Å². The van der Waals surface area contributed by atoms with E-state index in [9.17, 15) is 14.0 Å². The molecule has 0 saturated heterocycles. The van der Waals surface area contributed by atoms with Crippen LogP contribution in [-0.2, 0) is 16.0 Å². The zero-order valence-corrected chi connectivity index (χ0v) is 14.6. The Balaban J connectivity index is 1.78.